The molecule has 2 rings (SSSR count). The van der Waals surface area contributed by atoms with Crippen LogP contribution in [0.2, 0.25) is 0 Å². The van der Waals surface area contributed by atoms with E-state index < -0.39 is 5.91 Å². The first-order valence-electron chi connectivity index (χ1n) is 5.49. The predicted molar refractivity (Wildman–Crippen MR) is 75.4 cm³/mol. The van der Waals surface area contributed by atoms with Gasteiger partial charge in [0.15, 0.2) is 0 Å². The molecule has 5 heteroatoms. The van der Waals surface area contributed by atoms with Crippen LogP contribution in [0.5, 0.6) is 5.75 Å². The van der Waals surface area contributed by atoms with E-state index in [1.54, 1.807) is 48.5 Å². The highest BCUT2D eigenvalue weighted by Crippen LogP contribution is 2.11. The Morgan fingerprint density at radius 1 is 1.11 bits per heavy atom. The van der Waals surface area contributed by atoms with Crippen LogP contribution in [0.3, 0.4) is 0 Å². The number of hydrogen-bond donors (Lipinski definition) is 4. The quantitative estimate of drug-likeness (QED) is 0.485. The van der Waals surface area contributed by atoms with Gasteiger partial charge in [0.25, 0.3) is 5.91 Å². The summed E-state index contributed by atoms with van der Waals surface area (Å²) in [6.07, 6.45) is 1.12. The maximum atomic E-state index is 10.6. The molecule has 0 aliphatic carbocycles. The van der Waals surface area contributed by atoms with Crippen LogP contribution in [0, 0.1) is 5.41 Å². The average molecular weight is 257 g/mol. The lowest BCUT2D eigenvalue weighted by Gasteiger charge is -1.97. The van der Waals surface area contributed by atoms with Crippen molar-refractivity contribution in [1.29, 1.82) is 5.41 Å². The molecule has 98 valence electrons. The SMILES string of the molecule is N=Cc1ccccc1O.NC(=O)c1ccccc1N. The Morgan fingerprint density at radius 3 is 2.11 bits per heavy atom. The number of phenols is 1. The van der Waals surface area contributed by atoms with E-state index in [4.69, 9.17) is 22.0 Å². The van der Waals surface area contributed by atoms with Crippen LogP contribution in [-0.2, 0) is 0 Å². The standard InChI is InChI=1S/C7H8N2O.C7H7NO/c8-6-4-2-1-3-5(6)7(9)10;8-5-6-3-1-2-4-7(6)9/h1-4H,8H2,(H2,9,10);1-5,8-9H. The highest BCUT2D eigenvalue weighted by Gasteiger charge is 2.01. The molecule has 0 aliphatic rings. The minimum absolute atomic E-state index is 0.160. The van der Waals surface area contributed by atoms with E-state index in [1.807, 2.05) is 0 Å². The summed E-state index contributed by atoms with van der Waals surface area (Å²) in [5, 5.41) is 15.8. The molecule has 1 amide bonds. The molecule has 0 aromatic heterocycles. The lowest BCUT2D eigenvalue weighted by molar-refractivity contribution is 0.100. The van der Waals surface area contributed by atoms with Crippen molar-refractivity contribution in [3.05, 3.63) is 59.7 Å². The van der Waals surface area contributed by atoms with Crippen LogP contribution in [0.1, 0.15) is 15.9 Å². The molecule has 2 aromatic carbocycles. The van der Waals surface area contributed by atoms with Gasteiger partial charge in [-0.25, -0.2) is 0 Å². The number of anilines is 1. The highest BCUT2D eigenvalue weighted by molar-refractivity contribution is 5.97. The smallest absolute Gasteiger partial charge is 0.250 e. The van der Waals surface area contributed by atoms with Crippen LogP contribution in [0.25, 0.3) is 0 Å². The van der Waals surface area contributed by atoms with E-state index in [0.717, 1.165) is 6.21 Å². The number of carbonyl (C=O) groups is 1. The zero-order valence-corrected chi connectivity index (χ0v) is 10.2. The number of phenolic OH excluding ortho intramolecular Hbond substituents is 1. The number of nitrogens with two attached hydrogens (primary N) is 2. The van der Waals surface area contributed by atoms with Crippen molar-refractivity contribution in [3.63, 3.8) is 0 Å². The van der Waals surface area contributed by atoms with Crippen molar-refractivity contribution in [2.45, 2.75) is 0 Å². The van der Waals surface area contributed by atoms with Gasteiger partial charge in [0.2, 0.25) is 0 Å². The third kappa shape index (κ3) is 4.16. The maximum Gasteiger partial charge on any atom is 0.250 e. The van der Waals surface area contributed by atoms with E-state index in [2.05, 4.69) is 0 Å². The second-order valence-corrected chi connectivity index (χ2v) is 3.65. The summed E-state index contributed by atoms with van der Waals surface area (Å²) in [4.78, 5) is 10.6. The number of carbonyl (C=O) groups excluding carboxylic acids is 1. The fourth-order valence-electron chi connectivity index (χ4n) is 1.33. The summed E-state index contributed by atoms with van der Waals surface area (Å²) in [5.41, 5.74) is 11.8. The Balaban J connectivity index is 0.000000191. The summed E-state index contributed by atoms with van der Waals surface area (Å²) in [5.74, 6) is -0.328. The molecule has 0 radical (unpaired) electrons. The number of rotatable bonds is 2. The lowest BCUT2D eigenvalue weighted by atomic mass is 10.2. The van der Waals surface area contributed by atoms with Crippen LogP contribution < -0.4 is 11.5 Å². The van der Waals surface area contributed by atoms with Crippen molar-refractivity contribution in [2.75, 3.05) is 5.73 Å². The first-order chi connectivity index (χ1) is 9.06. The molecule has 19 heavy (non-hydrogen) atoms. The van der Waals surface area contributed by atoms with Crippen molar-refractivity contribution in [3.8, 4) is 5.75 Å². The second-order valence-electron chi connectivity index (χ2n) is 3.65. The Hall–Kier alpha value is -2.82. The molecular formula is C14H15N3O2. The van der Waals surface area contributed by atoms with Gasteiger partial charge < -0.3 is 22.0 Å². The van der Waals surface area contributed by atoms with Gasteiger partial charge in [-0.15, -0.1) is 0 Å². The number of amides is 1. The van der Waals surface area contributed by atoms with E-state index in [0.29, 0.717) is 16.8 Å². The van der Waals surface area contributed by atoms with E-state index in [1.165, 1.54) is 0 Å². The number of hydrogen-bond acceptors (Lipinski definition) is 4. The number of primary amides is 1. The number of benzene rings is 2. The third-order valence-corrected chi connectivity index (χ3v) is 2.32. The number of nitrogens with one attached hydrogen (secondary N) is 1. The van der Waals surface area contributed by atoms with E-state index in [-0.39, 0.29) is 5.75 Å². The fourth-order valence-corrected chi connectivity index (χ4v) is 1.33. The summed E-state index contributed by atoms with van der Waals surface area (Å²) < 4.78 is 0. The average Bonchev–Trinajstić information content (AvgIpc) is 2.40. The van der Waals surface area contributed by atoms with Gasteiger partial charge >= 0.3 is 0 Å². The molecular weight excluding hydrogens is 242 g/mol. The summed E-state index contributed by atoms with van der Waals surface area (Å²) >= 11 is 0. The molecule has 0 saturated carbocycles. The second kappa shape index (κ2) is 6.80. The summed E-state index contributed by atoms with van der Waals surface area (Å²) in [6, 6.07) is 13.4. The number of para-hydroxylation sites is 2. The minimum Gasteiger partial charge on any atom is -0.507 e. The Bertz CT molecular complexity index is 582. The first-order valence-corrected chi connectivity index (χ1v) is 5.49. The molecule has 0 bridgehead atoms. The van der Waals surface area contributed by atoms with Gasteiger partial charge in [0.1, 0.15) is 5.75 Å². The first kappa shape index (κ1) is 14.2. The Labute approximate surface area is 111 Å². The zero-order chi connectivity index (χ0) is 14.3. The number of aromatic hydroxyl groups is 1. The van der Waals surface area contributed by atoms with Crippen LogP contribution in [-0.4, -0.2) is 17.2 Å². The Morgan fingerprint density at radius 2 is 1.68 bits per heavy atom. The van der Waals surface area contributed by atoms with E-state index in [9.17, 15) is 4.79 Å². The van der Waals surface area contributed by atoms with Gasteiger partial charge in [-0.1, -0.05) is 24.3 Å². The highest BCUT2D eigenvalue weighted by atomic mass is 16.3. The van der Waals surface area contributed by atoms with Gasteiger partial charge in [0.05, 0.1) is 5.56 Å². The fraction of sp³-hybridized carbons (Fsp3) is 0. The minimum atomic E-state index is -0.488. The van der Waals surface area contributed by atoms with Gasteiger partial charge in [0, 0.05) is 17.5 Å². The van der Waals surface area contributed by atoms with Crippen LogP contribution >= 0.6 is 0 Å². The monoisotopic (exact) mass is 257 g/mol. The molecule has 2 aromatic rings. The molecule has 5 nitrogen and oxygen atoms in total. The van der Waals surface area contributed by atoms with Crippen molar-refractivity contribution in [2.24, 2.45) is 5.73 Å². The Kier molecular flexibility index (Phi) is 5.10. The molecule has 0 unspecified atom stereocenters. The van der Waals surface area contributed by atoms with Crippen LogP contribution in [0.15, 0.2) is 48.5 Å². The largest absolute Gasteiger partial charge is 0.507 e. The molecule has 6 N–H and O–H groups in total. The summed E-state index contributed by atoms with van der Waals surface area (Å²) in [7, 11) is 0. The van der Waals surface area contributed by atoms with Gasteiger partial charge in [-0.3, -0.25) is 4.79 Å². The normalized spacial score (nSPS) is 9.05. The van der Waals surface area contributed by atoms with Gasteiger partial charge in [-0.05, 0) is 24.3 Å². The molecule has 0 fully saturated rings. The molecule has 0 aliphatic heterocycles. The topological polar surface area (TPSA) is 113 Å². The molecule has 0 spiro atoms. The van der Waals surface area contributed by atoms with E-state index >= 15 is 0 Å². The summed E-state index contributed by atoms with van der Waals surface area (Å²) in [6.45, 7) is 0. The third-order valence-electron chi connectivity index (χ3n) is 2.32. The van der Waals surface area contributed by atoms with Crippen molar-refractivity contribution < 1.29 is 9.90 Å². The van der Waals surface area contributed by atoms with Crippen molar-refractivity contribution in [1.82, 2.24) is 0 Å². The number of nitrogen functional groups attached to an aromatic ring is 1. The maximum absolute atomic E-state index is 10.6. The molecule has 0 atom stereocenters. The molecule has 0 heterocycles. The zero-order valence-electron chi connectivity index (χ0n) is 10.2. The van der Waals surface area contributed by atoms with Gasteiger partial charge in [-0.2, -0.15) is 0 Å². The van der Waals surface area contributed by atoms with Crippen molar-refractivity contribution >= 4 is 17.8 Å². The van der Waals surface area contributed by atoms with Crippen LogP contribution in [0.4, 0.5) is 5.69 Å². The molecule has 0 saturated heterocycles. The lowest BCUT2D eigenvalue weighted by Crippen LogP contribution is -2.12. The predicted octanol–water partition coefficient (Wildman–Crippen LogP) is 1.76.